The molecule has 2 aromatic carbocycles. The summed E-state index contributed by atoms with van der Waals surface area (Å²) in [5, 5.41) is 13.2. The van der Waals surface area contributed by atoms with Crippen molar-refractivity contribution in [2.75, 3.05) is 11.1 Å². The Kier molecular flexibility index (Phi) is 8.48. The van der Waals surface area contributed by atoms with Crippen molar-refractivity contribution in [1.82, 2.24) is 14.8 Å². The van der Waals surface area contributed by atoms with Crippen LogP contribution < -0.4 is 10.1 Å². The van der Waals surface area contributed by atoms with E-state index in [1.54, 1.807) is 30.3 Å². The second-order valence-electron chi connectivity index (χ2n) is 6.84. The first kappa shape index (κ1) is 24.5. The highest BCUT2D eigenvalue weighted by atomic mass is 35.5. The second kappa shape index (κ2) is 11.1. The third kappa shape index (κ3) is 5.98. The number of allylic oxidation sites excluding steroid dienone is 1. The first-order chi connectivity index (χ1) is 15.3. The lowest BCUT2D eigenvalue weighted by molar-refractivity contribution is -0.113. The standard InChI is InChI=1S/C22H21Cl3N4O2S/c1-4-10-29-21(14(3)31-18-9-8-15(23)11-13(18)2)27-28-22(29)32-12-19(30)26-20-16(24)6-5-7-17(20)25/h4-9,11,14H,1,10,12H2,2-3H3,(H,26,30). The molecule has 0 saturated carbocycles. The van der Waals surface area contributed by atoms with Gasteiger partial charge in [0.15, 0.2) is 17.1 Å². The van der Waals surface area contributed by atoms with Gasteiger partial charge in [0.1, 0.15) is 5.75 Å². The van der Waals surface area contributed by atoms with Gasteiger partial charge in [0.05, 0.1) is 21.5 Å². The lowest BCUT2D eigenvalue weighted by atomic mass is 10.2. The van der Waals surface area contributed by atoms with Crippen LogP contribution in [-0.2, 0) is 11.3 Å². The third-order valence-corrected chi connectivity index (χ3v) is 6.25. The normalized spacial score (nSPS) is 11.8. The molecule has 32 heavy (non-hydrogen) atoms. The number of carbonyl (C=O) groups excluding carboxylic acids is 1. The molecule has 0 aliphatic carbocycles. The largest absolute Gasteiger partial charge is 0.482 e. The van der Waals surface area contributed by atoms with E-state index < -0.39 is 0 Å². The number of aryl methyl sites for hydroxylation is 1. The predicted octanol–water partition coefficient (Wildman–Crippen LogP) is 6.60. The second-order valence-corrected chi connectivity index (χ2v) is 9.04. The van der Waals surface area contributed by atoms with Crippen LogP contribution in [0.5, 0.6) is 5.75 Å². The molecule has 1 atom stereocenters. The quantitative estimate of drug-likeness (QED) is 0.259. The molecule has 0 bridgehead atoms. The van der Waals surface area contributed by atoms with Crippen LogP contribution in [-0.4, -0.2) is 26.4 Å². The summed E-state index contributed by atoms with van der Waals surface area (Å²) < 4.78 is 7.95. The molecule has 0 fully saturated rings. The highest BCUT2D eigenvalue weighted by molar-refractivity contribution is 7.99. The Hall–Kier alpha value is -2.19. The molecule has 6 nitrogen and oxygen atoms in total. The van der Waals surface area contributed by atoms with Crippen molar-refractivity contribution < 1.29 is 9.53 Å². The summed E-state index contributed by atoms with van der Waals surface area (Å²) in [5.74, 6) is 1.17. The van der Waals surface area contributed by atoms with Crippen LogP contribution in [0.25, 0.3) is 0 Å². The van der Waals surface area contributed by atoms with E-state index in [0.29, 0.717) is 44.0 Å². The average Bonchev–Trinajstić information content (AvgIpc) is 3.14. The number of anilines is 1. The molecule has 1 amide bonds. The minimum Gasteiger partial charge on any atom is -0.482 e. The Morgan fingerprint density at radius 3 is 2.62 bits per heavy atom. The molecule has 168 valence electrons. The molecule has 1 N–H and O–H groups in total. The molecule has 1 heterocycles. The van der Waals surface area contributed by atoms with Crippen molar-refractivity contribution >= 4 is 58.2 Å². The number of nitrogens with zero attached hydrogens (tertiary/aromatic N) is 3. The zero-order valence-corrected chi connectivity index (χ0v) is 20.5. The van der Waals surface area contributed by atoms with Gasteiger partial charge in [-0.1, -0.05) is 58.7 Å². The van der Waals surface area contributed by atoms with Crippen molar-refractivity contribution in [2.24, 2.45) is 0 Å². The molecule has 3 rings (SSSR count). The van der Waals surface area contributed by atoms with Crippen LogP contribution in [0.4, 0.5) is 5.69 Å². The first-order valence-electron chi connectivity index (χ1n) is 9.63. The molecule has 0 radical (unpaired) electrons. The van der Waals surface area contributed by atoms with E-state index in [2.05, 4.69) is 22.1 Å². The molecular formula is C22H21Cl3N4O2S. The van der Waals surface area contributed by atoms with Crippen molar-refractivity contribution in [3.63, 3.8) is 0 Å². The lowest BCUT2D eigenvalue weighted by Crippen LogP contribution is -2.16. The van der Waals surface area contributed by atoms with E-state index in [9.17, 15) is 4.79 Å². The van der Waals surface area contributed by atoms with E-state index >= 15 is 0 Å². The zero-order chi connectivity index (χ0) is 23.3. The van der Waals surface area contributed by atoms with Gasteiger partial charge in [-0.15, -0.1) is 16.8 Å². The van der Waals surface area contributed by atoms with E-state index in [1.165, 1.54) is 11.8 Å². The minimum absolute atomic E-state index is 0.0996. The molecule has 3 aromatic rings. The van der Waals surface area contributed by atoms with Crippen molar-refractivity contribution in [1.29, 1.82) is 0 Å². The molecule has 10 heteroatoms. The number of halogens is 3. The Morgan fingerprint density at radius 1 is 1.25 bits per heavy atom. The monoisotopic (exact) mass is 510 g/mol. The van der Waals surface area contributed by atoms with Crippen LogP contribution in [0.1, 0.15) is 24.4 Å². The van der Waals surface area contributed by atoms with Crippen molar-refractivity contribution in [3.05, 3.63) is 75.5 Å². The van der Waals surface area contributed by atoms with E-state index in [-0.39, 0.29) is 17.8 Å². The van der Waals surface area contributed by atoms with Crippen LogP contribution in [0.15, 0.2) is 54.2 Å². The van der Waals surface area contributed by atoms with E-state index in [0.717, 1.165) is 5.56 Å². The van der Waals surface area contributed by atoms with Crippen molar-refractivity contribution in [3.8, 4) is 5.75 Å². The number of carbonyl (C=O) groups is 1. The van der Waals surface area contributed by atoms with Crippen LogP contribution in [0.2, 0.25) is 15.1 Å². The van der Waals surface area contributed by atoms with Gasteiger partial charge < -0.3 is 10.1 Å². The van der Waals surface area contributed by atoms with Gasteiger partial charge in [-0.05, 0) is 49.7 Å². The summed E-state index contributed by atoms with van der Waals surface area (Å²) in [6.07, 6.45) is 1.35. The van der Waals surface area contributed by atoms with Gasteiger partial charge in [0.2, 0.25) is 5.91 Å². The number of amides is 1. The fourth-order valence-corrected chi connectivity index (χ4v) is 4.39. The van der Waals surface area contributed by atoms with Crippen LogP contribution >= 0.6 is 46.6 Å². The highest BCUT2D eigenvalue weighted by Crippen LogP contribution is 2.31. The predicted molar refractivity (Wildman–Crippen MR) is 131 cm³/mol. The number of hydrogen-bond donors (Lipinski definition) is 1. The van der Waals surface area contributed by atoms with Gasteiger partial charge >= 0.3 is 0 Å². The summed E-state index contributed by atoms with van der Waals surface area (Å²) in [7, 11) is 0. The fraction of sp³-hybridized carbons (Fsp3) is 0.227. The summed E-state index contributed by atoms with van der Waals surface area (Å²) in [6, 6.07) is 10.5. The van der Waals surface area contributed by atoms with Gasteiger partial charge in [0, 0.05) is 11.6 Å². The summed E-state index contributed by atoms with van der Waals surface area (Å²) in [6.45, 7) is 8.09. The summed E-state index contributed by atoms with van der Waals surface area (Å²) in [4.78, 5) is 12.4. The number of thioether (sulfide) groups is 1. The molecule has 1 unspecified atom stereocenters. The number of para-hydroxylation sites is 1. The van der Waals surface area contributed by atoms with Crippen molar-refractivity contribution in [2.45, 2.75) is 31.7 Å². The Labute approximate surface area is 205 Å². The molecule has 0 aliphatic heterocycles. The smallest absolute Gasteiger partial charge is 0.234 e. The summed E-state index contributed by atoms with van der Waals surface area (Å²) in [5.41, 5.74) is 1.30. The molecular weight excluding hydrogens is 491 g/mol. The van der Waals surface area contributed by atoms with Gasteiger partial charge in [-0.25, -0.2) is 0 Å². The molecule has 0 saturated heterocycles. The Morgan fingerprint density at radius 2 is 1.97 bits per heavy atom. The zero-order valence-electron chi connectivity index (χ0n) is 17.4. The van der Waals surface area contributed by atoms with E-state index in [4.69, 9.17) is 39.5 Å². The first-order valence-corrected chi connectivity index (χ1v) is 11.8. The van der Waals surface area contributed by atoms with Crippen LogP contribution in [0.3, 0.4) is 0 Å². The van der Waals surface area contributed by atoms with E-state index in [1.807, 2.05) is 30.5 Å². The van der Waals surface area contributed by atoms with Gasteiger partial charge in [-0.2, -0.15) is 0 Å². The fourth-order valence-electron chi connectivity index (χ4n) is 2.92. The molecule has 1 aromatic heterocycles. The van der Waals surface area contributed by atoms with Crippen LogP contribution in [0, 0.1) is 6.92 Å². The highest BCUT2D eigenvalue weighted by Gasteiger charge is 2.20. The number of aromatic nitrogens is 3. The number of nitrogens with one attached hydrogen (secondary N) is 1. The number of ether oxygens (including phenoxy) is 1. The molecule has 0 aliphatic rings. The Balaban J connectivity index is 1.71. The number of hydrogen-bond acceptors (Lipinski definition) is 5. The average molecular weight is 512 g/mol. The molecule has 0 spiro atoms. The van der Waals surface area contributed by atoms with Gasteiger partial charge in [-0.3, -0.25) is 9.36 Å². The SMILES string of the molecule is C=CCn1c(SCC(=O)Nc2c(Cl)cccc2Cl)nnc1C(C)Oc1ccc(Cl)cc1C. The number of benzene rings is 2. The minimum atomic E-state index is -0.382. The third-order valence-electron chi connectivity index (χ3n) is 4.42. The lowest BCUT2D eigenvalue weighted by Gasteiger charge is -2.17. The maximum Gasteiger partial charge on any atom is 0.234 e. The van der Waals surface area contributed by atoms with Gasteiger partial charge in [0.25, 0.3) is 0 Å². The summed E-state index contributed by atoms with van der Waals surface area (Å²) >= 11 is 19.5. The Bertz CT molecular complexity index is 1120. The number of rotatable bonds is 9. The maximum absolute atomic E-state index is 12.4. The topological polar surface area (TPSA) is 69.0 Å². The maximum atomic E-state index is 12.4.